The lowest BCUT2D eigenvalue weighted by molar-refractivity contribution is -0.139. The Balaban J connectivity index is 1.47. The number of carbonyl (C=O) groups is 2. The van der Waals surface area contributed by atoms with Gasteiger partial charge >= 0.3 is 11.9 Å². The molecule has 4 heterocycles. The molecule has 2 aliphatic rings. The molecule has 6 rings (SSSR count). The number of aromatic nitrogens is 1. The van der Waals surface area contributed by atoms with Crippen molar-refractivity contribution in [3.63, 3.8) is 0 Å². The topological polar surface area (TPSA) is 130 Å². The van der Waals surface area contributed by atoms with E-state index >= 15 is 0 Å². The van der Waals surface area contributed by atoms with Gasteiger partial charge in [-0.15, -0.1) is 0 Å². The molecule has 0 fully saturated rings. The average molecular weight is 621 g/mol. The monoisotopic (exact) mass is 620 g/mol. The molecular formula is C31H25ClN2O8S. The molecule has 43 heavy (non-hydrogen) atoms. The fourth-order valence-corrected chi connectivity index (χ4v) is 6.34. The van der Waals surface area contributed by atoms with E-state index in [1.807, 2.05) is 13.0 Å². The third kappa shape index (κ3) is 5.26. The summed E-state index contributed by atoms with van der Waals surface area (Å²) in [5, 5.41) is 9.34. The number of ether oxygens (including phenoxy) is 3. The number of hydrogen-bond acceptors (Lipinski definition) is 9. The summed E-state index contributed by atoms with van der Waals surface area (Å²) in [4.78, 5) is 43.9. The van der Waals surface area contributed by atoms with Gasteiger partial charge < -0.3 is 23.7 Å². The molecule has 0 saturated heterocycles. The molecule has 0 spiro atoms. The van der Waals surface area contributed by atoms with Crippen molar-refractivity contribution in [2.75, 3.05) is 13.4 Å². The first kappa shape index (κ1) is 28.5. The number of benzene rings is 2. The van der Waals surface area contributed by atoms with Crippen LogP contribution in [0.2, 0.25) is 5.02 Å². The second kappa shape index (κ2) is 11.6. The number of carbonyl (C=O) groups excluding carboxylic acids is 1. The summed E-state index contributed by atoms with van der Waals surface area (Å²) in [6.45, 7) is 3.98. The van der Waals surface area contributed by atoms with Gasteiger partial charge in [0.15, 0.2) is 16.3 Å². The van der Waals surface area contributed by atoms with Crippen LogP contribution in [0.25, 0.3) is 17.4 Å². The largest absolute Gasteiger partial charge is 0.478 e. The number of fused-ring (bicyclic) bond motifs is 2. The van der Waals surface area contributed by atoms with Crippen LogP contribution in [0.1, 0.15) is 54.4 Å². The van der Waals surface area contributed by atoms with E-state index in [4.69, 9.17) is 35.2 Å². The van der Waals surface area contributed by atoms with Crippen LogP contribution in [0.5, 0.6) is 11.5 Å². The number of thiazole rings is 1. The number of esters is 1. The fraction of sp³-hybridized carbons (Fsp3) is 0.226. The van der Waals surface area contributed by atoms with Crippen molar-refractivity contribution in [3.8, 4) is 22.8 Å². The van der Waals surface area contributed by atoms with Crippen molar-refractivity contribution in [1.29, 1.82) is 0 Å². The number of rotatable bonds is 8. The Labute approximate surface area is 253 Å². The van der Waals surface area contributed by atoms with E-state index in [0.717, 1.165) is 6.42 Å². The highest BCUT2D eigenvalue weighted by Crippen LogP contribution is 2.39. The third-order valence-corrected chi connectivity index (χ3v) is 8.28. The van der Waals surface area contributed by atoms with Crippen LogP contribution in [0.15, 0.2) is 74.0 Å². The minimum atomic E-state index is -1.13. The van der Waals surface area contributed by atoms with E-state index < -0.39 is 18.0 Å². The van der Waals surface area contributed by atoms with Crippen molar-refractivity contribution in [3.05, 3.63) is 101 Å². The van der Waals surface area contributed by atoms with Gasteiger partial charge in [-0.2, -0.15) is 0 Å². The number of furan rings is 1. The van der Waals surface area contributed by atoms with Crippen molar-refractivity contribution in [2.24, 2.45) is 4.99 Å². The van der Waals surface area contributed by atoms with Crippen molar-refractivity contribution in [1.82, 2.24) is 4.57 Å². The maximum Gasteiger partial charge on any atom is 0.338 e. The second-order valence-electron chi connectivity index (χ2n) is 9.73. The number of carboxylic acid groups (broad SMARTS) is 1. The normalized spacial score (nSPS) is 15.8. The number of aromatic carboxylic acids is 1. The predicted octanol–water partition coefficient (Wildman–Crippen LogP) is 4.92. The summed E-state index contributed by atoms with van der Waals surface area (Å²) in [5.74, 6) is 0.299. The molecular weight excluding hydrogens is 596 g/mol. The zero-order chi connectivity index (χ0) is 30.2. The number of nitrogens with zero attached hydrogens (tertiary/aromatic N) is 2. The highest BCUT2D eigenvalue weighted by molar-refractivity contribution is 7.07. The lowest BCUT2D eigenvalue weighted by Crippen LogP contribution is -2.40. The summed E-state index contributed by atoms with van der Waals surface area (Å²) in [6.07, 6.45) is 2.87. The molecule has 0 amide bonds. The van der Waals surface area contributed by atoms with Crippen molar-refractivity contribution >= 4 is 41.0 Å². The summed E-state index contributed by atoms with van der Waals surface area (Å²) in [5.41, 5.74) is 1.75. The van der Waals surface area contributed by atoms with E-state index in [2.05, 4.69) is 0 Å². The zero-order valence-corrected chi connectivity index (χ0v) is 24.7. The summed E-state index contributed by atoms with van der Waals surface area (Å²) in [6, 6.07) is 12.5. The molecule has 0 aliphatic carbocycles. The number of halogens is 1. The Morgan fingerprint density at radius 3 is 2.70 bits per heavy atom. The third-order valence-electron chi connectivity index (χ3n) is 6.99. The summed E-state index contributed by atoms with van der Waals surface area (Å²) < 4.78 is 24.4. The molecule has 1 atom stereocenters. The minimum absolute atomic E-state index is 0.0139. The molecule has 0 bridgehead atoms. The van der Waals surface area contributed by atoms with Crippen LogP contribution in [-0.2, 0) is 9.53 Å². The van der Waals surface area contributed by atoms with E-state index in [0.29, 0.717) is 61.2 Å². The van der Waals surface area contributed by atoms with Crippen LogP contribution in [0, 0.1) is 0 Å². The SMILES string of the molecule is CCCC1=C(C(=O)OCC)[C@H](c2ccc3c(c2)OCO3)n2c(s/c(=C\c3ccc(-c4ccc(C(=O)O)c(Cl)c4)o3)c2=O)=N1. The molecule has 12 heteroatoms. The number of hydrogen-bond donors (Lipinski definition) is 1. The second-order valence-corrected chi connectivity index (χ2v) is 11.1. The van der Waals surface area contributed by atoms with Crippen LogP contribution < -0.4 is 24.4 Å². The molecule has 10 nitrogen and oxygen atoms in total. The molecule has 2 aromatic heterocycles. The van der Waals surface area contributed by atoms with Gasteiger partial charge in [0.1, 0.15) is 11.5 Å². The Hall–Kier alpha value is -4.61. The van der Waals surface area contributed by atoms with Gasteiger partial charge in [0.25, 0.3) is 5.56 Å². The van der Waals surface area contributed by atoms with Gasteiger partial charge in [-0.25, -0.2) is 14.6 Å². The number of allylic oxidation sites excluding steroid dienone is 1. The van der Waals surface area contributed by atoms with Crippen molar-refractivity contribution < 1.29 is 33.3 Å². The lowest BCUT2D eigenvalue weighted by Gasteiger charge is -2.25. The minimum Gasteiger partial charge on any atom is -0.478 e. The van der Waals surface area contributed by atoms with Crippen LogP contribution >= 0.6 is 22.9 Å². The molecule has 2 aliphatic heterocycles. The van der Waals surface area contributed by atoms with E-state index in [-0.39, 0.29) is 29.5 Å². The van der Waals surface area contributed by atoms with E-state index in [9.17, 15) is 19.5 Å². The maximum absolute atomic E-state index is 14.0. The van der Waals surface area contributed by atoms with Gasteiger partial charge in [-0.05, 0) is 55.3 Å². The highest BCUT2D eigenvalue weighted by Gasteiger charge is 2.35. The molecule has 4 aromatic rings. The summed E-state index contributed by atoms with van der Waals surface area (Å²) in [7, 11) is 0. The Kier molecular flexibility index (Phi) is 7.68. The molecule has 220 valence electrons. The predicted molar refractivity (Wildman–Crippen MR) is 158 cm³/mol. The first-order valence-electron chi connectivity index (χ1n) is 13.5. The quantitative estimate of drug-likeness (QED) is 0.275. The summed E-state index contributed by atoms with van der Waals surface area (Å²) >= 11 is 7.33. The molecule has 2 aromatic carbocycles. The lowest BCUT2D eigenvalue weighted by atomic mass is 9.94. The average Bonchev–Trinajstić information content (AvgIpc) is 3.72. The van der Waals surface area contributed by atoms with E-state index in [1.165, 1.54) is 28.0 Å². The van der Waals surface area contributed by atoms with Gasteiger partial charge in [0.2, 0.25) is 6.79 Å². The molecule has 0 saturated carbocycles. The van der Waals surface area contributed by atoms with Gasteiger partial charge in [-0.3, -0.25) is 9.36 Å². The van der Waals surface area contributed by atoms with Gasteiger partial charge in [-0.1, -0.05) is 48.4 Å². The maximum atomic E-state index is 14.0. The molecule has 0 unspecified atom stereocenters. The van der Waals surface area contributed by atoms with Gasteiger partial charge in [0, 0.05) is 11.6 Å². The number of carboxylic acids is 1. The van der Waals surface area contributed by atoms with E-state index in [1.54, 1.807) is 43.3 Å². The molecule has 0 radical (unpaired) electrons. The first-order valence-corrected chi connectivity index (χ1v) is 14.7. The fourth-order valence-electron chi connectivity index (χ4n) is 5.08. The van der Waals surface area contributed by atoms with Crippen LogP contribution in [0.3, 0.4) is 0 Å². The first-order chi connectivity index (χ1) is 20.8. The van der Waals surface area contributed by atoms with Crippen LogP contribution in [-0.4, -0.2) is 35.0 Å². The Morgan fingerprint density at radius 1 is 1.14 bits per heavy atom. The van der Waals surface area contributed by atoms with Crippen molar-refractivity contribution in [2.45, 2.75) is 32.7 Å². The Morgan fingerprint density at radius 2 is 1.95 bits per heavy atom. The smallest absolute Gasteiger partial charge is 0.338 e. The molecule has 1 N–H and O–H groups in total. The highest BCUT2D eigenvalue weighted by atomic mass is 35.5. The standard InChI is InChI=1S/C31H25ClN2O8S/c1-3-5-21-26(30(38)39-4-2)27(17-7-10-23-24(13-17)41-15-40-23)34-28(35)25(43-31(34)33-21)14-18-8-11-22(42-18)16-6-9-19(29(36)37)20(32)12-16/h6-14,27H,3-5,15H2,1-2H3,(H,36,37)/b25-14-/t27-/m0/s1. The Bertz CT molecular complexity index is 1990. The van der Waals surface area contributed by atoms with Gasteiger partial charge in [0.05, 0.1) is 39.0 Å². The van der Waals surface area contributed by atoms with Crippen LogP contribution in [0.4, 0.5) is 0 Å². The zero-order valence-electron chi connectivity index (χ0n) is 23.1.